The summed E-state index contributed by atoms with van der Waals surface area (Å²) < 4.78 is 39.6. The molecule has 0 radical (unpaired) electrons. The first-order valence-electron chi connectivity index (χ1n) is 8.36. The van der Waals surface area contributed by atoms with Crippen molar-refractivity contribution in [2.24, 2.45) is 0 Å². The molecule has 4 rings (SSSR count). The van der Waals surface area contributed by atoms with Crippen molar-refractivity contribution in [2.75, 3.05) is 37.3 Å². The zero-order chi connectivity index (χ0) is 19.2. The van der Waals surface area contributed by atoms with Crippen molar-refractivity contribution < 1.29 is 17.9 Å². The van der Waals surface area contributed by atoms with E-state index in [0.29, 0.717) is 31.9 Å². The molecule has 0 aliphatic carbocycles. The number of hydrogen-bond acceptors (Lipinski definition) is 6. The first-order valence-corrected chi connectivity index (χ1v) is 10.2. The molecule has 0 saturated carbocycles. The van der Waals surface area contributed by atoms with E-state index in [1.54, 1.807) is 17.1 Å². The maximum atomic E-state index is 13.3. The zero-order valence-corrected chi connectivity index (χ0v) is 15.4. The van der Waals surface area contributed by atoms with Gasteiger partial charge in [0.15, 0.2) is 11.6 Å². The highest BCUT2D eigenvalue weighted by molar-refractivity contribution is 7.88. The summed E-state index contributed by atoms with van der Waals surface area (Å²) >= 11 is 0. The molecule has 0 atom stereocenters. The molecule has 8 nitrogen and oxygen atoms in total. The predicted molar refractivity (Wildman–Crippen MR) is 99.1 cm³/mol. The summed E-state index contributed by atoms with van der Waals surface area (Å²) in [6.07, 6.45) is 4.56. The Morgan fingerprint density at radius 3 is 2.52 bits per heavy atom. The molecule has 0 bridgehead atoms. The molecule has 27 heavy (non-hydrogen) atoms. The molecule has 0 unspecified atom stereocenters. The number of benzene rings is 1. The largest absolute Gasteiger partial charge is 0.505 e. The molecule has 10 heteroatoms. The van der Waals surface area contributed by atoms with Crippen LogP contribution in [0, 0.1) is 5.82 Å². The fourth-order valence-electron chi connectivity index (χ4n) is 3.17. The Balaban J connectivity index is 1.60. The number of fused-ring (bicyclic) bond motifs is 1. The summed E-state index contributed by atoms with van der Waals surface area (Å²) in [7, 11) is -3.17. The number of pyridine rings is 1. The number of anilines is 1. The Bertz CT molecular complexity index is 1110. The molecule has 1 fully saturated rings. The Morgan fingerprint density at radius 1 is 1.11 bits per heavy atom. The summed E-state index contributed by atoms with van der Waals surface area (Å²) in [4.78, 5) is 6.51. The van der Waals surface area contributed by atoms with Gasteiger partial charge >= 0.3 is 0 Å². The molecule has 142 valence electrons. The zero-order valence-electron chi connectivity index (χ0n) is 14.6. The monoisotopic (exact) mass is 391 g/mol. The number of hydrogen-bond donors (Lipinski definition) is 1. The average Bonchev–Trinajstić information content (AvgIpc) is 3.06. The summed E-state index contributed by atoms with van der Waals surface area (Å²) in [6, 6.07) is 5.90. The van der Waals surface area contributed by atoms with Crippen molar-refractivity contribution in [2.45, 2.75) is 0 Å². The van der Waals surface area contributed by atoms with Crippen LogP contribution in [0.25, 0.3) is 16.6 Å². The van der Waals surface area contributed by atoms with Gasteiger partial charge in [-0.1, -0.05) is 0 Å². The fourth-order valence-corrected chi connectivity index (χ4v) is 4.00. The van der Waals surface area contributed by atoms with Crippen molar-refractivity contribution in [3.8, 4) is 11.4 Å². The number of piperazine rings is 1. The van der Waals surface area contributed by atoms with E-state index in [1.807, 2.05) is 11.0 Å². The molecular weight excluding hydrogens is 373 g/mol. The maximum Gasteiger partial charge on any atom is 0.211 e. The number of aromatic hydroxyl groups is 1. The Kier molecular flexibility index (Phi) is 4.23. The van der Waals surface area contributed by atoms with E-state index in [4.69, 9.17) is 0 Å². The SMILES string of the molecule is CS(=O)(=O)N1CCN(c2cc3cnn(-c4ccc(F)c(O)c4)c3cn2)CC1. The van der Waals surface area contributed by atoms with Crippen molar-refractivity contribution in [3.63, 3.8) is 0 Å². The second-order valence-corrected chi connectivity index (χ2v) is 8.42. The lowest BCUT2D eigenvalue weighted by molar-refractivity contribution is 0.387. The van der Waals surface area contributed by atoms with Crippen molar-refractivity contribution in [1.29, 1.82) is 0 Å². The number of halogens is 1. The topological polar surface area (TPSA) is 91.6 Å². The van der Waals surface area contributed by atoms with Gasteiger partial charge in [0, 0.05) is 37.6 Å². The van der Waals surface area contributed by atoms with Gasteiger partial charge in [0.05, 0.1) is 29.9 Å². The molecular formula is C17H18FN5O3S. The van der Waals surface area contributed by atoms with E-state index < -0.39 is 21.6 Å². The second-order valence-electron chi connectivity index (χ2n) is 6.44. The summed E-state index contributed by atoms with van der Waals surface area (Å²) in [5, 5.41) is 14.7. The fraction of sp³-hybridized carbons (Fsp3) is 0.294. The normalized spacial score (nSPS) is 16.1. The first kappa shape index (κ1) is 17.7. The van der Waals surface area contributed by atoms with Crippen LogP contribution in [0.5, 0.6) is 5.75 Å². The number of phenolic OH excluding ortho intramolecular Hbond substituents is 1. The Morgan fingerprint density at radius 2 is 1.85 bits per heavy atom. The smallest absolute Gasteiger partial charge is 0.211 e. The number of sulfonamides is 1. The minimum Gasteiger partial charge on any atom is -0.505 e. The molecule has 0 spiro atoms. The molecule has 0 amide bonds. The van der Waals surface area contributed by atoms with Gasteiger partial charge < -0.3 is 10.0 Å². The summed E-state index contributed by atoms with van der Waals surface area (Å²) in [6.45, 7) is 1.97. The van der Waals surface area contributed by atoms with Gasteiger partial charge in [0.1, 0.15) is 5.82 Å². The van der Waals surface area contributed by atoms with Gasteiger partial charge in [-0.2, -0.15) is 9.40 Å². The van der Waals surface area contributed by atoms with E-state index >= 15 is 0 Å². The molecule has 1 aromatic carbocycles. The van der Waals surface area contributed by atoms with Crippen molar-refractivity contribution in [1.82, 2.24) is 19.1 Å². The first-order chi connectivity index (χ1) is 12.8. The van der Waals surface area contributed by atoms with E-state index in [1.165, 1.54) is 28.8 Å². The summed E-state index contributed by atoms with van der Waals surface area (Å²) in [5.74, 6) is -0.384. The maximum absolute atomic E-state index is 13.3. The molecule has 3 heterocycles. The van der Waals surface area contributed by atoms with Crippen LogP contribution in [0.15, 0.2) is 36.7 Å². The van der Waals surface area contributed by atoms with Crippen LogP contribution in [-0.4, -0.2) is 65.0 Å². The van der Waals surface area contributed by atoms with Gasteiger partial charge in [0.25, 0.3) is 0 Å². The van der Waals surface area contributed by atoms with E-state index in [0.717, 1.165) is 16.7 Å². The highest BCUT2D eigenvalue weighted by Crippen LogP contribution is 2.25. The molecule has 1 N–H and O–H groups in total. The molecule has 1 aliphatic rings. The lowest BCUT2D eigenvalue weighted by Crippen LogP contribution is -2.48. The van der Waals surface area contributed by atoms with Crippen LogP contribution in [0.1, 0.15) is 0 Å². The van der Waals surface area contributed by atoms with Crippen LogP contribution in [0.4, 0.5) is 10.2 Å². The molecule has 2 aromatic heterocycles. The van der Waals surface area contributed by atoms with E-state index in [2.05, 4.69) is 10.1 Å². The van der Waals surface area contributed by atoms with Gasteiger partial charge in [-0.05, 0) is 18.2 Å². The summed E-state index contributed by atoms with van der Waals surface area (Å²) in [5.41, 5.74) is 1.25. The second kappa shape index (κ2) is 6.46. The predicted octanol–water partition coefficient (Wildman–Crippen LogP) is 1.35. The molecule has 1 aliphatic heterocycles. The standard InChI is InChI=1S/C17H18FN5O3S/c1-27(25,26)22-6-4-21(5-7-22)17-8-12-10-20-23(15(12)11-19-17)13-2-3-14(18)16(24)9-13/h2-3,8-11,24H,4-7H2,1H3. The van der Waals surface area contributed by atoms with Crippen LogP contribution in [0.2, 0.25) is 0 Å². The van der Waals surface area contributed by atoms with E-state index in [-0.39, 0.29) is 0 Å². The number of phenols is 1. The third-order valence-corrected chi connectivity index (χ3v) is 5.95. The lowest BCUT2D eigenvalue weighted by atomic mass is 10.2. The van der Waals surface area contributed by atoms with Gasteiger partial charge in [-0.25, -0.2) is 22.5 Å². The molecule has 1 saturated heterocycles. The van der Waals surface area contributed by atoms with Crippen LogP contribution in [-0.2, 0) is 10.0 Å². The van der Waals surface area contributed by atoms with Crippen molar-refractivity contribution in [3.05, 3.63) is 42.5 Å². The third kappa shape index (κ3) is 3.33. The Hall–Kier alpha value is -2.72. The molecule has 3 aromatic rings. The lowest BCUT2D eigenvalue weighted by Gasteiger charge is -2.33. The number of nitrogens with zero attached hydrogens (tertiary/aromatic N) is 5. The van der Waals surface area contributed by atoms with Crippen LogP contribution >= 0.6 is 0 Å². The van der Waals surface area contributed by atoms with Gasteiger partial charge in [-0.15, -0.1) is 0 Å². The van der Waals surface area contributed by atoms with Gasteiger partial charge in [0.2, 0.25) is 10.0 Å². The number of aromatic nitrogens is 3. The highest BCUT2D eigenvalue weighted by Gasteiger charge is 2.24. The minimum atomic E-state index is -3.17. The minimum absolute atomic E-state index is 0.423. The Labute approximate surface area is 155 Å². The van der Waals surface area contributed by atoms with Crippen LogP contribution in [0.3, 0.4) is 0 Å². The number of rotatable bonds is 3. The average molecular weight is 391 g/mol. The van der Waals surface area contributed by atoms with Crippen molar-refractivity contribution >= 4 is 26.7 Å². The third-order valence-electron chi connectivity index (χ3n) is 4.65. The van der Waals surface area contributed by atoms with E-state index in [9.17, 15) is 17.9 Å². The highest BCUT2D eigenvalue weighted by atomic mass is 32.2. The van der Waals surface area contributed by atoms with Crippen LogP contribution < -0.4 is 4.90 Å². The van der Waals surface area contributed by atoms with Gasteiger partial charge in [-0.3, -0.25) is 0 Å². The quantitative estimate of drug-likeness (QED) is 0.725.